The first-order valence-corrected chi connectivity index (χ1v) is 2.69. The molecule has 0 aliphatic carbocycles. The molecule has 0 aromatic carbocycles. The normalized spacial score (nSPS) is 26.9. The smallest absolute Gasteiger partial charge is 0.358 e. The highest BCUT2D eigenvalue weighted by molar-refractivity contribution is 6.02. The van der Waals surface area contributed by atoms with Gasteiger partial charge in [-0.3, -0.25) is 10.1 Å². The van der Waals surface area contributed by atoms with Gasteiger partial charge in [0.1, 0.15) is 0 Å². The van der Waals surface area contributed by atoms with Gasteiger partial charge in [0.25, 0.3) is 0 Å². The molecule has 1 aliphatic rings. The summed E-state index contributed by atoms with van der Waals surface area (Å²) >= 11 is 0. The van der Waals surface area contributed by atoms with E-state index in [1.165, 1.54) is 0 Å². The molecular weight excluding hydrogens is 170 g/mol. The van der Waals surface area contributed by atoms with Crippen LogP contribution in [-0.4, -0.2) is 27.6 Å². The summed E-state index contributed by atoms with van der Waals surface area (Å²) in [5.41, 5.74) is 2.64. The van der Waals surface area contributed by atoms with Crippen LogP contribution in [0, 0.1) is 20.2 Å². The highest BCUT2D eigenvalue weighted by Crippen LogP contribution is 2.09. The van der Waals surface area contributed by atoms with Gasteiger partial charge in [0, 0.05) is 0 Å². The highest BCUT2D eigenvalue weighted by Gasteiger charge is 2.56. The maximum absolute atomic E-state index is 10.2. The molecule has 9 nitrogen and oxygen atoms in total. The number of nitro groups is 2. The highest BCUT2D eigenvalue weighted by atomic mass is 16.6. The molecule has 0 bridgehead atoms. The van der Waals surface area contributed by atoms with Gasteiger partial charge in [0.05, 0.1) is 10.0 Å². The van der Waals surface area contributed by atoms with Crippen LogP contribution in [0.2, 0.25) is 0 Å². The molecule has 1 aliphatic heterocycles. The monoisotopic (exact) mass is 173 g/mol. The fraction of sp³-hybridized carbons (Fsp3) is 0.333. The first kappa shape index (κ1) is 8.20. The van der Waals surface area contributed by atoms with Gasteiger partial charge >= 0.3 is 11.5 Å². The van der Waals surface area contributed by atoms with Crippen molar-refractivity contribution in [1.82, 2.24) is 0 Å². The maximum Gasteiger partial charge on any atom is 0.466 e. The summed E-state index contributed by atoms with van der Waals surface area (Å²) in [7, 11) is 0. The van der Waals surface area contributed by atoms with E-state index in [0.717, 1.165) is 0 Å². The zero-order valence-electron chi connectivity index (χ0n) is 5.58. The van der Waals surface area contributed by atoms with Crippen LogP contribution in [0.3, 0.4) is 0 Å². The lowest BCUT2D eigenvalue weighted by Crippen LogP contribution is -2.57. The standard InChI is InChI=1S/C3H3N5O4/c4-3(8(11)12)1-5-6-2(3)7(9)10/h1H,4H2. The van der Waals surface area contributed by atoms with Gasteiger partial charge in [-0.15, -0.1) is 0 Å². The minimum absolute atomic E-state index is 0.616. The second kappa shape index (κ2) is 2.30. The maximum atomic E-state index is 10.2. The predicted molar refractivity (Wildman–Crippen MR) is 36.8 cm³/mol. The predicted octanol–water partition coefficient (Wildman–Crippen LogP) is -1.41. The molecule has 1 unspecified atom stereocenters. The molecule has 1 heterocycles. The molecule has 0 spiro atoms. The molecule has 9 heteroatoms. The van der Waals surface area contributed by atoms with Crippen molar-refractivity contribution in [2.75, 3.05) is 0 Å². The molecular formula is C3H3N5O4. The number of nitrogens with zero attached hydrogens (tertiary/aromatic N) is 4. The molecule has 2 N–H and O–H groups in total. The number of hydrogen-bond acceptors (Lipinski definition) is 7. The van der Waals surface area contributed by atoms with Crippen LogP contribution in [0.4, 0.5) is 0 Å². The Balaban J connectivity index is 3.09. The molecule has 0 aromatic heterocycles. The third-order valence-electron chi connectivity index (χ3n) is 1.24. The SMILES string of the molecule is NC1([N+](=O)[O-])C=NN=C1[N+](=O)[O-]. The third-order valence-corrected chi connectivity index (χ3v) is 1.24. The third kappa shape index (κ3) is 0.917. The topological polar surface area (TPSA) is 137 Å². The summed E-state index contributed by atoms with van der Waals surface area (Å²) in [4.78, 5) is 18.3. The van der Waals surface area contributed by atoms with Gasteiger partial charge in [-0.2, -0.15) is 0 Å². The van der Waals surface area contributed by atoms with Crippen molar-refractivity contribution >= 4 is 12.1 Å². The van der Waals surface area contributed by atoms with E-state index in [9.17, 15) is 20.2 Å². The quantitative estimate of drug-likeness (QED) is 0.295. The van der Waals surface area contributed by atoms with E-state index in [-0.39, 0.29) is 0 Å². The van der Waals surface area contributed by atoms with Gasteiger partial charge in [-0.1, -0.05) is 0 Å². The van der Waals surface area contributed by atoms with Crippen LogP contribution in [-0.2, 0) is 0 Å². The lowest BCUT2D eigenvalue weighted by molar-refractivity contribution is -0.540. The summed E-state index contributed by atoms with van der Waals surface area (Å²) in [5, 5.41) is 26.3. The fourth-order valence-corrected chi connectivity index (χ4v) is 0.621. The van der Waals surface area contributed by atoms with Crippen molar-refractivity contribution in [3.63, 3.8) is 0 Å². The number of rotatable bonds is 1. The lowest BCUT2D eigenvalue weighted by Gasteiger charge is -2.06. The largest absolute Gasteiger partial charge is 0.466 e. The number of amidine groups is 1. The minimum atomic E-state index is -2.39. The number of nitrogens with two attached hydrogens (primary N) is 1. The van der Waals surface area contributed by atoms with Gasteiger partial charge < -0.3 is 10.1 Å². The average molecular weight is 173 g/mol. The van der Waals surface area contributed by atoms with Crippen molar-refractivity contribution in [1.29, 1.82) is 0 Å². The van der Waals surface area contributed by atoms with Crippen molar-refractivity contribution in [2.45, 2.75) is 5.66 Å². The van der Waals surface area contributed by atoms with Crippen LogP contribution < -0.4 is 5.73 Å². The van der Waals surface area contributed by atoms with Crippen molar-refractivity contribution in [2.24, 2.45) is 15.9 Å². The van der Waals surface area contributed by atoms with Crippen molar-refractivity contribution < 1.29 is 9.85 Å². The Morgan fingerprint density at radius 2 is 2.08 bits per heavy atom. The summed E-state index contributed by atoms with van der Waals surface area (Å²) in [6.07, 6.45) is 0.616. The Bertz CT molecular complexity index is 308. The van der Waals surface area contributed by atoms with E-state index in [1.54, 1.807) is 0 Å². The van der Waals surface area contributed by atoms with E-state index in [1.807, 2.05) is 0 Å². The second-order valence-corrected chi connectivity index (χ2v) is 2.01. The van der Waals surface area contributed by atoms with E-state index in [4.69, 9.17) is 5.73 Å². The van der Waals surface area contributed by atoms with Gasteiger partial charge in [0.15, 0.2) is 6.21 Å². The second-order valence-electron chi connectivity index (χ2n) is 2.01. The zero-order chi connectivity index (χ0) is 9.35. The number of hydrogen-bond donors (Lipinski definition) is 1. The lowest BCUT2D eigenvalue weighted by atomic mass is 10.2. The summed E-state index contributed by atoms with van der Waals surface area (Å²) in [6, 6.07) is 0. The van der Waals surface area contributed by atoms with E-state index >= 15 is 0 Å². The molecule has 0 amide bonds. The van der Waals surface area contributed by atoms with Gasteiger partial charge in [-0.25, -0.2) is 5.73 Å². The molecule has 64 valence electrons. The Labute approximate surface area is 64.9 Å². The Hall–Kier alpha value is -1.90. The zero-order valence-corrected chi connectivity index (χ0v) is 5.58. The van der Waals surface area contributed by atoms with Crippen LogP contribution in [0.15, 0.2) is 10.2 Å². The molecule has 0 saturated carbocycles. The van der Waals surface area contributed by atoms with Gasteiger partial charge in [-0.05, 0) is 10.0 Å². The van der Waals surface area contributed by atoms with Crippen molar-refractivity contribution in [3.8, 4) is 0 Å². The molecule has 1 rings (SSSR count). The molecule has 12 heavy (non-hydrogen) atoms. The van der Waals surface area contributed by atoms with Crippen LogP contribution in [0.5, 0.6) is 0 Å². The average Bonchev–Trinajstić information content (AvgIpc) is 2.32. The van der Waals surface area contributed by atoms with Crippen LogP contribution >= 0.6 is 0 Å². The van der Waals surface area contributed by atoms with Gasteiger partial charge in [0.2, 0.25) is 0 Å². The van der Waals surface area contributed by atoms with Crippen LogP contribution in [0.1, 0.15) is 0 Å². The Morgan fingerprint density at radius 3 is 2.42 bits per heavy atom. The Morgan fingerprint density at radius 1 is 1.50 bits per heavy atom. The molecule has 1 atom stereocenters. The van der Waals surface area contributed by atoms with E-state index < -0.39 is 21.3 Å². The molecule has 0 aromatic rings. The molecule has 0 radical (unpaired) electrons. The molecule has 0 fully saturated rings. The summed E-state index contributed by atoms with van der Waals surface area (Å²) in [5.74, 6) is -0.979. The van der Waals surface area contributed by atoms with E-state index in [0.29, 0.717) is 6.21 Å². The first-order chi connectivity index (χ1) is 5.48. The fourth-order valence-electron chi connectivity index (χ4n) is 0.621. The minimum Gasteiger partial charge on any atom is -0.358 e. The Kier molecular flexibility index (Phi) is 1.57. The molecule has 0 saturated heterocycles. The van der Waals surface area contributed by atoms with Crippen molar-refractivity contribution in [3.05, 3.63) is 20.2 Å². The summed E-state index contributed by atoms with van der Waals surface area (Å²) < 4.78 is 0. The van der Waals surface area contributed by atoms with Crippen LogP contribution in [0.25, 0.3) is 0 Å². The van der Waals surface area contributed by atoms with E-state index in [2.05, 4.69) is 10.2 Å². The first-order valence-electron chi connectivity index (χ1n) is 2.69. The summed E-state index contributed by atoms with van der Waals surface area (Å²) in [6.45, 7) is 0.